The lowest BCUT2D eigenvalue weighted by Crippen LogP contribution is -2.51. The van der Waals surface area contributed by atoms with Crippen LogP contribution >= 0.6 is 0 Å². The minimum Gasteiger partial charge on any atom is -0.376 e. The van der Waals surface area contributed by atoms with Gasteiger partial charge in [0.1, 0.15) is 0 Å². The maximum atomic E-state index is 13.4. The lowest BCUT2D eigenvalue weighted by Gasteiger charge is -2.30. The number of hydrogen-bond acceptors (Lipinski definition) is 6. The van der Waals surface area contributed by atoms with Crippen LogP contribution in [0.3, 0.4) is 0 Å². The molecule has 7 nitrogen and oxygen atoms in total. The van der Waals surface area contributed by atoms with Gasteiger partial charge in [0.05, 0.1) is 17.5 Å². The van der Waals surface area contributed by atoms with Gasteiger partial charge in [0.25, 0.3) is 5.91 Å². The number of carbonyl (C=O) groups is 1. The van der Waals surface area contributed by atoms with Crippen molar-refractivity contribution < 1.29 is 9.53 Å². The minimum absolute atomic E-state index is 0.0832. The predicted molar refractivity (Wildman–Crippen MR) is 131 cm³/mol. The molecule has 1 aromatic carbocycles. The van der Waals surface area contributed by atoms with Crippen molar-refractivity contribution in [2.24, 2.45) is 5.92 Å². The number of benzene rings is 1. The van der Waals surface area contributed by atoms with Crippen LogP contribution in [0.2, 0.25) is 0 Å². The Hall–Kier alpha value is -2.64. The molecule has 4 atom stereocenters. The van der Waals surface area contributed by atoms with Crippen molar-refractivity contribution in [1.82, 2.24) is 15.2 Å². The van der Waals surface area contributed by atoms with E-state index < -0.39 is 0 Å². The molecule has 1 fully saturated rings. The highest BCUT2D eigenvalue weighted by Gasteiger charge is 2.35. The van der Waals surface area contributed by atoms with E-state index in [2.05, 4.69) is 59.5 Å². The van der Waals surface area contributed by atoms with Gasteiger partial charge in [-0.1, -0.05) is 13.0 Å². The molecular formula is C26H35N5O2. The average Bonchev–Trinajstić information content (AvgIpc) is 3.30. The maximum absolute atomic E-state index is 13.4. The van der Waals surface area contributed by atoms with Crippen LogP contribution in [-0.4, -0.2) is 61.5 Å². The van der Waals surface area contributed by atoms with Gasteiger partial charge >= 0.3 is 0 Å². The topological polar surface area (TPSA) is 69.7 Å². The lowest BCUT2D eigenvalue weighted by molar-refractivity contribution is 0.0466. The monoisotopic (exact) mass is 449 g/mol. The summed E-state index contributed by atoms with van der Waals surface area (Å²) < 4.78 is 6.38. The number of fused-ring (bicyclic) bond motifs is 7. The van der Waals surface area contributed by atoms with Gasteiger partial charge in [0, 0.05) is 49.1 Å². The molecule has 0 radical (unpaired) electrons. The molecule has 1 aromatic heterocycles. The molecule has 0 spiro atoms. The number of amides is 1. The summed E-state index contributed by atoms with van der Waals surface area (Å²) in [5.41, 5.74) is 5.89. The van der Waals surface area contributed by atoms with Gasteiger partial charge in [-0.3, -0.25) is 9.78 Å². The first-order chi connectivity index (χ1) is 15.9. The molecule has 2 N–H and O–H groups in total. The molecule has 3 aliphatic rings. The van der Waals surface area contributed by atoms with E-state index in [1.165, 1.54) is 5.56 Å². The van der Waals surface area contributed by atoms with Crippen molar-refractivity contribution in [3.63, 3.8) is 0 Å². The van der Waals surface area contributed by atoms with Gasteiger partial charge in [-0.05, 0) is 69.5 Å². The Labute approximate surface area is 196 Å². The first-order valence-electron chi connectivity index (χ1n) is 12.1. The van der Waals surface area contributed by atoms with E-state index in [4.69, 9.17) is 9.72 Å². The van der Waals surface area contributed by atoms with E-state index in [0.717, 1.165) is 61.8 Å². The lowest BCUT2D eigenvalue weighted by atomic mass is 9.99. The number of hydrogen-bond donors (Lipinski definition) is 2. The van der Waals surface area contributed by atoms with E-state index in [1.54, 1.807) is 0 Å². The second kappa shape index (κ2) is 8.95. The quantitative estimate of drug-likeness (QED) is 0.642. The number of nitrogens with one attached hydrogen (secondary N) is 2. The number of nitrogens with zero attached hydrogens (tertiary/aromatic N) is 3. The Balaban J connectivity index is 1.49. The summed E-state index contributed by atoms with van der Waals surface area (Å²) in [6, 6.07) is 10.2. The van der Waals surface area contributed by atoms with Crippen LogP contribution in [0.4, 0.5) is 11.4 Å². The number of anilines is 2. The Morgan fingerprint density at radius 3 is 2.79 bits per heavy atom. The summed E-state index contributed by atoms with van der Waals surface area (Å²) >= 11 is 0. The number of rotatable bonds is 0. The highest BCUT2D eigenvalue weighted by atomic mass is 16.5. The van der Waals surface area contributed by atoms with Crippen molar-refractivity contribution in [2.45, 2.75) is 51.9 Å². The van der Waals surface area contributed by atoms with Gasteiger partial charge in [0.2, 0.25) is 0 Å². The third-order valence-corrected chi connectivity index (χ3v) is 7.08. The molecule has 1 amide bonds. The molecule has 176 valence electrons. The molecule has 5 rings (SSSR count). The fraction of sp³-hybridized carbons (Fsp3) is 0.538. The van der Waals surface area contributed by atoms with Gasteiger partial charge in [0.15, 0.2) is 6.29 Å². The number of aryl methyl sites for hydroxylation is 2. The Bertz CT molecular complexity index is 1040. The first-order valence-corrected chi connectivity index (χ1v) is 12.1. The largest absolute Gasteiger partial charge is 0.376 e. The van der Waals surface area contributed by atoms with E-state index >= 15 is 0 Å². The third-order valence-electron chi connectivity index (χ3n) is 7.08. The fourth-order valence-electron chi connectivity index (χ4n) is 5.41. The molecule has 1 saturated heterocycles. The number of ether oxygens (including phenoxy) is 1. The zero-order valence-electron chi connectivity index (χ0n) is 20.1. The second-order valence-electron chi connectivity index (χ2n) is 10.1. The van der Waals surface area contributed by atoms with Crippen LogP contribution in [0.25, 0.3) is 0 Å². The molecule has 2 aromatic rings. The summed E-state index contributed by atoms with van der Waals surface area (Å²) in [4.78, 5) is 22.8. The molecule has 2 bridgehead atoms. The Kier molecular flexibility index (Phi) is 6.01. The smallest absolute Gasteiger partial charge is 0.254 e. The molecule has 0 saturated carbocycles. The van der Waals surface area contributed by atoms with Gasteiger partial charge in [-0.25, -0.2) is 0 Å². The van der Waals surface area contributed by atoms with E-state index in [9.17, 15) is 4.79 Å². The minimum atomic E-state index is -0.277. The van der Waals surface area contributed by atoms with E-state index in [-0.39, 0.29) is 24.2 Å². The van der Waals surface area contributed by atoms with Gasteiger partial charge < -0.3 is 25.2 Å². The Morgan fingerprint density at radius 2 is 1.94 bits per heavy atom. The van der Waals surface area contributed by atoms with Crippen LogP contribution in [0.5, 0.6) is 0 Å². The molecule has 33 heavy (non-hydrogen) atoms. The molecular weight excluding hydrogens is 414 g/mol. The van der Waals surface area contributed by atoms with Crippen molar-refractivity contribution in [3.05, 3.63) is 52.8 Å². The third kappa shape index (κ3) is 4.57. The van der Waals surface area contributed by atoms with Crippen molar-refractivity contribution in [1.29, 1.82) is 0 Å². The zero-order valence-corrected chi connectivity index (χ0v) is 20.1. The number of pyridine rings is 1. The number of aromatic nitrogens is 1. The molecule has 0 aliphatic carbocycles. The van der Waals surface area contributed by atoms with Gasteiger partial charge in [-0.15, -0.1) is 0 Å². The summed E-state index contributed by atoms with van der Waals surface area (Å²) in [5, 5.41) is 6.77. The summed E-state index contributed by atoms with van der Waals surface area (Å²) in [5.74, 6) is 0.566. The van der Waals surface area contributed by atoms with Crippen LogP contribution in [0, 0.1) is 19.8 Å². The first kappa shape index (κ1) is 22.2. The summed E-state index contributed by atoms with van der Waals surface area (Å²) in [6.45, 7) is 9.77. The maximum Gasteiger partial charge on any atom is 0.254 e. The van der Waals surface area contributed by atoms with Crippen molar-refractivity contribution in [2.75, 3.05) is 43.5 Å². The Morgan fingerprint density at radius 1 is 1.09 bits per heavy atom. The molecule has 4 heterocycles. The van der Waals surface area contributed by atoms with Crippen LogP contribution < -0.4 is 15.5 Å². The standard InChI is InChI=1S/C26H35N5O2/c1-16-7-8-21-23(10-16)31-13-17(2)6-5-9-33-24-15-30(4)14-20(24)22-12-19(11-18(3)27-22)25(32)29-26(31)28-21/h7-8,10-12,17,20,24,26,28H,5-6,9,13-15H2,1-4H3,(H,29,32)/t17-,20?,24?,26?/m1/s1. The summed E-state index contributed by atoms with van der Waals surface area (Å²) in [7, 11) is 2.12. The normalized spacial score (nSPS) is 28.1. The van der Waals surface area contributed by atoms with Gasteiger partial charge in [-0.2, -0.15) is 0 Å². The van der Waals surface area contributed by atoms with Crippen LogP contribution in [-0.2, 0) is 4.74 Å². The van der Waals surface area contributed by atoms with E-state index in [1.807, 2.05) is 19.1 Å². The van der Waals surface area contributed by atoms with Crippen molar-refractivity contribution in [3.8, 4) is 0 Å². The molecule has 7 heteroatoms. The fourth-order valence-corrected chi connectivity index (χ4v) is 5.41. The number of likely N-dealkylation sites (tertiary alicyclic amines) is 1. The van der Waals surface area contributed by atoms with Crippen molar-refractivity contribution >= 4 is 17.3 Å². The number of likely N-dealkylation sites (N-methyl/N-ethyl adjacent to an activating group) is 1. The van der Waals surface area contributed by atoms with Crippen LogP contribution in [0.1, 0.15) is 53.0 Å². The van der Waals surface area contributed by atoms with E-state index in [0.29, 0.717) is 11.5 Å². The summed E-state index contributed by atoms with van der Waals surface area (Å²) in [6.07, 6.45) is 1.94. The predicted octanol–water partition coefficient (Wildman–Crippen LogP) is 3.49. The molecule has 3 unspecified atom stereocenters. The highest BCUT2D eigenvalue weighted by Crippen LogP contribution is 2.36. The average molecular weight is 450 g/mol. The number of carbonyl (C=O) groups excluding carboxylic acids is 1. The zero-order chi connectivity index (χ0) is 23.1. The SMILES string of the molecule is Cc1ccc2c(c1)N1C[C@H](C)CCCOC3CN(C)CC3c3cc(cc(C)n3)C(=O)NC1N2. The molecule has 3 aliphatic heterocycles. The van der Waals surface area contributed by atoms with Crippen LogP contribution in [0.15, 0.2) is 30.3 Å². The highest BCUT2D eigenvalue weighted by molar-refractivity contribution is 5.95. The second-order valence-corrected chi connectivity index (χ2v) is 10.1.